The predicted molar refractivity (Wildman–Crippen MR) is 158 cm³/mol. The van der Waals surface area contributed by atoms with Crippen molar-refractivity contribution in [1.82, 2.24) is 4.98 Å². The fraction of sp³-hybridized carbons (Fsp3) is 0. The van der Waals surface area contributed by atoms with Crippen molar-refractivity contribution in [3.63, 3.8) is 0 Å². The van der Waals surface area contributed by atoms with Crippen molar-refractivity contribution in [2.75, 3.05) is 4.90 Å². The predicted octanol–water partition coefficient (Wildman–Crippen LogP) is 9.19. The molecule has 2 aromatic heterocycles. The van der Waals surface area contributed by atoms with Gasteiger partial charge in [0.2, 0.25) is 5.13 Å². The number of aliphatic imine (C=N–C) groups is 1. The first-order valence-corrected chi connectivity index (χ1v) is 13.9. The maximum Gasteiger partial charge on any atom is 0.271 e. The monoisotopic (exact) mass is 573 g/mol. The molecule has 5 nitrogen and oxygen atoms in total. The molecule has 0 spiro atoms. The highest BCUT2D eigenvalue weighted by Crippen LogP contribution is 2.39. The summed E-state index contributed by atoms with van der Waals surface area (Å²) < 4.78 is 6.01. The lowest BCUT2D eigenvalue weighted by molar-refractivity contribution is -0.113. The van der Waals surface area contributed by atoms with E-state index in [2.05, 4.69) is 4.98 Å². The van der Waals surface area contributed by atoms with Gasteiger partial charge in [0.15, 0.2) is 5.17 Å². The molecule has 1 fully saturated rings. The molecule has 0 saturated carbocycles. The van der Waals surface area contributed by atoms with Gasteiger partial charge in [-0.2, -0.15) is 4.99 Å². The third-order valence-electron chi connectivity index (χ3n) is 5.68. The van der Waals surface area contributed by atoms with E-state index in [1.807, 2.05) is 84.2 Å². The second-order valence-electron chi connectivity index (χ2n) is 8.19. The van der Waals surface area contributed by atoms with Crippen molar-refractivity contribution >= 4 is 74.3 Å². The minimum Gasteiger partial charge on any atom is -0.457 e. The molecule has 1 amide bonds. The first kappa shape index (κ1) is 24.7. The topological polar surface area (TPSA) is 58.7 Å². The minimum atomic E-state index is -0.188. The van der Waals surface area contributed by atoms with Crippen molar-refractivity contribution in [2.45, 2.75) is 0 Å². The molecule has 38 heavy (non-hydrogen) atoms. The number of nitrogens with zero attached hydrogens (tertiary/aromatic N) is 3. The third kappa shape index (κ3) is 5.06. The molecule has 0 unspecified atom stereocenters. The highest BCUT2D eigenvalue weighted by Gasteiger charge is 2.35. The number of benzene rings is 3. The van der Waals surface area contributed by atoms with Gasteiger partial charge in [0, 0.05) is 22.6 Å². The molecule has 1 aliphatic rings. The molecule has 0 N–H and O–H groups in total. The fourth-order valence-corrected chi connectivity index (χ4v) is 5.87. The zero-order valence-corrected chi connectivity index (χ0v) is 22.7. The van der Waals surface area contributed by atoms with E-state index < -0.39 is 0 Å². The summed E-state index contributed by atoms with van der Waals surface area (Å²) in [7, 11) is 0. The van der Waals surface area contributed by atoms with Crippen LogP contribution in [0.3, 0.4) is 0 Å². The number of rotatable bonds is 5. The van der Waals surface area contributed by atoms with Crippen molar-refractivity contribution in [3.05, 3.63) is 117 Å². The van der Waals surface area contributed by atoms with Crippen LogP contribution in [-0.4, -0.2) is 16.1 Å². The summed E-state index contributed by atoms with van der Waals surface area (Å²) in [6, 6.07) is 28.3. The lowest BCUT2D eigenvalue weighted by Gasteiger charge is -2.14. The van der Waals surface area contributed by atoms with E-state index in [-0.39, 0.29) is 5.91 Å². The Morgan fingerprint density at radius 3 is 2.39 bits per heavy atom. The summed E-state index contributed by atoms with van der Waals surface area (Å²) in [6.07, 6.45) is 1.73. The summed E-state index contributed by atoms with van der Waals surface area (Å²) in [5.74, 6) is 0.972. The number of carbonyl (C=O) groups is 1. The Morgan fingerprint density at radius 1 is 0.868 bits per heavy atom. The average molecular weight is 575 g/mol. The van der Waals surface area contributed by atoms with E-state index in [0.717, 1.165) is 22.5 Å². The quantitative estimate of drug-likeness (QED) is 0.196. The number of hydrogen-bond acceptors (Lipinski definition) is 6. The summed E-state index contributed by atoms with van der Waals surface area (Å²) in [5, 5.41) is 3.98. The van der Waals surface area contributed by atoms with E-state index >= 15 is 0 Å². The number of para-hydroxylation sites is 1. The van der Waals surface area contributed by atoms with Gasteiger partial charge in [0.05, 0.1) is 26.3 Å². The van der Waals surface area contributed by atoms with Gasteiger partial charge in [-0.1, -0.05) is 71.7 Å². The van der Waals surface area contributed by atoms with Gasteiger partial charge in [-0.15, -0.1) is 11.3 Å². The number of furan rings is 1. The van der Waals surface area contributed by atoms with Crippen molar-refractivity contribution in [1.29, 1.82) is 0 Å². The second kappa shape index (κ2) is 10.6. The smallest absolute Gasteiger partial charge is 0.271 e. The van der Waals surface area contributed by atoms with Gasteiger partial charge in [-0.3, -0.25) is 9.69 Å². The van der Waals surface area contributed by atoms with Crippen molar-refractivity contribution in [3.8, 4) is 22.6 Å². The van der Waals surface area contributed by atoms with E-state index in [1.54, 1.807) is 23.1 Å². The molecular formula is C29H17Cl2N3O2S2. The molecule has 9 heteroatoms. The minimum absolute atomic E-state index is 0.188. The average Bonchev–Trinajstić information content (AvgIpc) is 3.67. The van der Waals surface area contributed by atoms with Gasteiger partial charge in [0.1, 0.15) is 11.5 Å². The number of halogens is 2. The fourth-order valence-electron chi connectivity index (χ4n) is 3.86. The number of anilines is 1. The van der Waals surface area contributed by atoms with Crippen LogP contribution >= 0.6 is 46.3 Å². The molecule has 0 radical (unpaired) electrons. The summed E-state index contributed by atoms with van der Waals surface area (Å²) in [6.45, 7) is 0. The second-order valence-corrected chi connectivity index (χ2v) is 10.9. The van der Waals surface area contributed by atoms with E-state index in [1.165, 1.54) is 23.1 Å². The zero-order valence-electron chi connectivity index (χ0n) is 19.5. The van der Waals surface area contributed by atoms with Crippen LogP contribution in [0.5, 0.6) is 0 Å². The lowest BCUT2D eigenvalue weighted by Crippen LogP contribution is -2.28. The van der Waals surface area contributed by atoms with Gasteiger partial charge in [0.25, 0.3) is 5.91 Å². The molecule has 3 aromatic carbocycles. The van der Waals surface area contributed by atoms with Crippen molar-refractivity contribution < 1.29 is 9.21 Å². The molecule has 0 atom stereocenters. The first-order chi connectivity index (χ1) is 18.5. The molecule has 6 rings (SSSR count). The maximum atomic E-state index is 13.6. The first-order valence-electron chi connectivity index (χ1n) is 11.5. The number of hydrogen-bond donors (Lipinski definition) is 0. The molecule has 186 valence electrons. The van der Waals surface area contributed by atoms with E-state index in [0.29, 0.717) is 36.8 Å². The van der Waals surface area contributed by atoms with E-state index in [9.17, 15) is 4.79 Å². The van der Waals surface area contributed by atoms with Crippen LogP contribution < -0.4 is 4.90 Å². The third-order valence-corrected chi connectivity index (χ3v) is 8.12. The normalized spacial score (nSPS) is 15.6. The number of carbonyl (C=O) groups excluding carboxylic acids is 1. The van der Waals surface area contributed by atoms with Crippen LogP contribution in [0.1, 0.15) is 5.76 Å². The Morgan fingerprint density at radius 2 is 1.63 bits per heavy atom. The Hall–Kier alpha value is -3.62. The van der Waals surface area contributed by atoms with Crippen LogP contribution in [0, 0.1) is 0 Å². The molecular weight excluding hydrogens is 557 g/mol. The molecule has 1 saturated heterocycles. The van der Waals surface area contributed by atoms with Gasteiger partial charge >= 0.3 is 0 Å². The maximum absolute atomic E-state index is 13.6. The molecule has 1 aliphatic heterocycles. The van der Waals surface area contributed by atoms with Crippen LogP contribution in [0.25, 0.3) is 28.7 Å². The van der Waals surface area contributed by atoms with Gasteiger partial charge < -0.3 is 4.42 Å². The number of thiazole rings is 1. The molecule has 0 aliphatic carbocycles. The number of amides is 1. The summed E-state index contributed by atoms with van der Waals surface area (Å²) >= 11 is 14.9. The highest BCUT2D eigenvalue weighted by molar-refractivity contribution is 8.19. The van der Waals surface area contributed by atoms with E-state index in [4.69, 9.17) is 32.6 Å². The van der Waals surface area contributed by atoms with Crippen LogP contribution in [0.2, 0.25) is 10.0 Å². The lowest BCUT2D eigenvalue weighted by atomic mass is 10.2. The largest absolute Gasteiger partial charge is 0.457 e. The van der Waals surface area contributed by atoms with Gasteiger partial charge in [-0.05, 0) is 54.2 Å². The molecule has 3 heterocycles. The SMILES string of the molecule is O=C1/C(=C\c2ccc(-c3ccc(Cl)c(Cl)c3)o2)S/C(=N/c2nc(-c3ccccc3)cs2)N1c1ccccc1. The standard InChI is InChI=1S/C29H17Cl2N3O2S2/c30-22-13-11-19(15-23(22)31)25-14-12-21(36-25)16-26-27(35)34(20-9-5-2-6-10-20)29(38-26)33-28-32-24(17-37-28)18-7-3-1-4-8-18/h1-17H/b26-16+,33-29+. The van der Waals surface area contributed by atoms with Crippen molar-refractivity contribution in [2.24, 2.45) is 4.99 Å². The Kier molecular flexibility index (Phi) is 6.91. The summed E-state index contributed by atoms with van der Waals surface area (Å²) in [5.41, 5.74) is 3.38. The molecule has 0 bridgehead atoms. The Balaban J connectivity index is 1.34. The Bertz CT molecular complexity index is 1700. The van der Waals surface area contributed by atoms with Crippen LogP contribution in [-0.2, 0) is 4.79 Å². The zero-order chi connectivity index (χ0) is 26.1. The van der Waals surface area contributed by atoms with Crippen LogP contribution in [0.15, 0.2) is 111 Å². The van der Waals surface area contributed by atoms with Gasteiger partial charge in [-0.25, -0.2) is 4.98 Å². The molecule has 5 aromatic rings. The highest BCUT2D eigenvalue weighted by atomic mass is 35.5. The number of amidine groups is 1. The van der Waals surface area contributed by atoms with Crippen LogP contribution in [0.4, 0.5) is 10.8 Å². The Labute approximate surface area is 237 Å². The number of thioether (sulfide) groups is 1. The summed E-state index contributed by atoms with van der Waals surface area (Å²) in [4.78, 5) is 25.1. The number of aromatic nitrogens is 1.